The summed E-state index contributed by atoms with van der Waals surface area (Å²) in [5.41, 5.74) is 1.16. The van der Waals surface area contributed by atoms with Crippen molar-refractivity contribution in [3.63, 3.8) is 0 Å². The van der Waals surface area contributed by atoms with Gasteiger partial charge in [-0.05, 0) is 30.4 Å². The molecule has 74 valence electrons. The second-order valence-corrected chi connectivity index (χ2v) is 4.27. The predicted molar refractivity (Wildman–Crippen MR) is 54.0 cm³/mol. The zero-order chi connectivity index (χ0) is 9.54. The minimum atomic E-state index is 0.632. The van der Waals surface area contributed by atoms with Crippen LogP contribution in [0.5, 0.6) is 0 Å². The zero-order valence-corrected chi connectivity index (χ0v) is 8.20. The number of aryl methyl sites for hydroxylation is 1. The highest BCUT2D eigenvalue weighted by Gasteiger charge is 2.53. The van der Waals surface area contributed by atoms with E-state index >= 15 is 0 Å². The van der Waals surface area contributed by atoms with Gasteiger partial charge in [0.2, 0.25) is 0 Å². The summed E-state index contributed by atoms with van der Waals surface area (Å²) in [5.74, 6) is 2.55. The van der Waals surface area contributed by atoms with Gasteiger partial charge in [0.05, 0.1) is 6.20 Å². The number of piperidine rings is 1. The smallest absolute Gasteiger partial charge is 0.149 e. The van der Waals surface area contributed by atoms with Gasteiger partial charge in [-0.1, -0.05) is 0 Å². The lowest BCUT2D eigenvalue weighted by molar-refractivity contribution is 0.694. The van der Waals surface area contributed by atoms with Gasteiger partial charge in [-0.2, -0.15) is 5.10 Å². The molecule has 0 aromatic carbocycles. The Hall–Kier alpha value is -1.16. The molecule has 2 N–H and O–H groups in total. The molecule has 2 unspecified atom stereocenters. The van der Waals surface area contributed by atoms with Crippen molar-refractivity contribution >= 4 is 5.82 Å². The summed E-state index contributed by atoms with van der Waals surface area (Å²) in [6.07, 6.45) is 1.78. The Balaban J connectivity index is 1.68. The highest BCUT2D eigenvalue weighted by molar-refractivity contribution is 5.39. The summed E-state index contributed by atoms with van der Waals surface area (Å²) in [6, 6.07) is 2.68. The lowest BCUT2D eigenvalue weighted by Gasteiger charge is -2.07. The van der Waals surface area contributed by atoms with E-state index in [1.807, 2.05) is 6.92 Å². The maximum absolute atomic E-state index is 4.07. The fourth-order valence-electron chi connectivity index (χ4n) is 2.34. The molecule has 0 bridgehead atoms. The number of aromatic nitrogens is 2. The van der Waals surface area contributed by atoms with Gasteiger partial charge in [-0.15, -0.1) is 5.10 Å². The van der Waals surface area contributed by atoms with Crippen molar-refractivity contribution in [2.45, 2.75) is 13.0 Å². The molecule has 3 rings (SSSR count). The highest BCUT2D eigenvalue weighted by Crippen LogP contribution is 2.43. The first kappa shape index (κ1) is 8.17. The minimum Gasteiger partial charge on any atom is -0.365 e. The average molecular weight is 190 g/mol. The van der Waals surface area contributed by atoms with E-state index in [0.717, 1.165) is 36.3 Å². The van der Waals surface area contributed by atoms with Crippen LogP contribution in [0.15, 0.2) is 12.3 Å². The van der Waals surface area contributed by atoms with Crippen LogP contribution in [0.2, 0.25) is 0 Å². The fourth-order valence-corrected chi connectivity index (χ4v) is 2.34. The molecule has 4 nitrogen and oxygen atoms in total. The van der Waals surface area contributed by atoms with E-state index in [9.17, 15) is 0 Å². The van der Waals surface area contributed by atoms with Crippen molar-refractivity contribution < 1.29 is 0 Å². The number of fused-ring (bicyclic) bond motifs is 1. The molecule has 2 atom stereocenters. The van der Waals surface area contributed by atoms with Crippen LogP contribution in [0, 0.1) is 18.8 Å². The van der Waals surface area contributed by atoms with Crippen molar-refractivity contribution in [2.75, 3.05) is 18.4 Å². The van der Waals surface area contributed by atoms with E-state index in [1.165, 1.54) is 0 Å². The van der Waals surface area contributed by atoms with Crippen molar-refractivity contribution in [2.24, 2.45) is 11.8 Å². The van der Waals surface area contributed by atoms with E-state index in [-0.39, 0.29) is 0 Å². The van der Waals surface area contributed by atoms with Gasteiger partial charge >= 0.3 is 0 Å². The number of anilines is 1. The van der Waals surface area contributed by atoms with E-state index in [0.29, 0.717) is 6.04 Å². The van der Waals surface area contributed by atoms with Gasteiger partial charge in [0.25, 0.3) is 0 Å². The predicted octanol–water partition coefficient (Wildman–Crippen LogP) is 0.415. The molecular weight excluding hydrogens is 176 g/mol. The SMILES string of the molecule is Cc1cnnc(NC2C3CNCC32)c1. The normalized spacial score (nSPS) is 33.9. The average Bonchev–Trinajstić information content (AvgIpc) is 2.62. The van der Waals surface area contributed by atoms with E-state index in [1.54, 1.807) is 6.20 Å². The maximum Gasteiger partial charge on any atom is 0.149 e. The first-order valence-electron chi connectivity index (χ1n) is 5.11. The first-order valence-corrected chi connectivity index (χ1v) is 5.11. The molecule has 4 heteroatoms. The molecule has 1 aliphatic carbocycles. The Labute approximate surface area is 83.1 Å². The molecule has 2 fully saturated rings. The van der Waals surface area contributed by atoms with Crippen LogP contribution in [0.4, 0.5) is 5.82 Å². The second kappa shape index (κ2) is 2.92. The summed E-state index contributed by atoms with van der Waals surface area (Å²) in [7, 11) is 0. The van der Waals surface area contributed by atoms with Gasteiger partial charge in [-0.25, -0.2) is 0 Å². The number of nitrogens with one attached hydrogen (secondary N) is 2. The van der Waals surface area contributed by atoms with Crippen molar-refractivity contribution in [3.8, 4) is 0 Å². The van der Waals surface area contributed by atoms with Crippen molar-refractivity contribution in [3.05, 3.63) is 17.8 Å². The first-order chi connectivity index (χ1) is 6.84. The van der Waals surface area contributed by atoms with Crippen molar-refractivity contribution in [1.82, 2.24) is 15.5 Å². The largest absolute Gasteiger partial charge is 0.365 e. The monoisotopic (exact) mass is 190 g/mol. The molecule has 1 aromatic rings. The molecule has 1 aliphatic heterocycles. The third kappa shape index (κ3) is 1.26. The lowest BCUT2D eigenvalue weighted by Crippen LogP contribution is -2.21. The Kier molecular flexibility index (Phi) is 1.70. The third-order valence-electron chi connectivity index (χ3n) is 3.20. The zero-order valence-electron chi connectivity index (χ0n) is 8.20. The molecule has 0 amide bonds. The second-order valence-electron chi connectivity index (χ2n) is 4.27. The third-order valence-corrected chi connectivity index (χ3v) is 3.20. The van der Waals surface area contributed by atoms with Crippen LogP contribution in [0.3, 0.4) is 0 Å². The van der Waals surface area contributed by atoms with Crippen LogP contribution in [0.1, 0.15) is 5.56 Å². The Bertz CT molecular complexity index is 342. The number of nitrogens with zero attached hydrogens (tertiary/aromatic N) is 2. The number of hydrogen-bond acceptors (Lipinski definition) is 4. The molecule has 2 aliphatic rings. The van der Waals surface area contributed by atoms with Crippen LogP contribution in [0.25, 0.3) is 0 Å². The van der Waals surface area contributed by atoms with Crippen LogP contribution >= 0.6 is 0 Å². The van der Waals surface area contributed by atoms with Gasteiger partial charge in [0, 0.05) is 19.1 Å². The summed E-state index contributed by atoms with van der Waals surface area (Å²) in [5, 5.41) is 14.8. The topological polar surface area (TPSA) is 49.8 Å². The molecule has 14 heavy (non-hydrogen) atoms. The minimum absolute atomic E-state index is 0.632. The van der Waals surface area contributed by atoms with Gasteiger partial charge < -0.3 is 10.6 Å². The summed E-state index contributed by atoms with van der Waals surface area (Å²) >= 11 is 0. The van der Waals surface area contributed by atoms with Gasteiger partial charge in [-0.3, -0.25) is 0 Å². The number of hydrogen-bond donors (Lipinski definition) is 2. The quantitative estimate of drug-likeness (QED) is 0.709. The molecule has 0 radical (unpaired) electrons. The molecule has 2 heterocycles. The highest BCUT2D eigenvalue weighted by atomic mass is 15.2. The molecule has 1 saturated heterocycles. The van der Waals surface area contributed by atoms with Gasteiger partial charge in [0.1, 0.15) is 5.82 Å². The summed E-state index contributed by atoms with van der Waals surface area (Å²) in [6.45, 7) is 4.35. The lowest BCUT2D eigenvalue weighted by atomic mass is 10.3. The Morgan fingerprint density at radius 3 is 2.93 bits per heavy atom. The molecule has 1 saturated carbocycles. The number of rotatable bonds is 2. The Morgan fingerprint density at radius 1 is 1.43 bits per heavy atom. The molecular formula is C10H14N4. The fraction of sp³-hybridized carbons (Fsp3) is 0.600. The van der Waals surface area contributed by atoms with Crippen LogP contribution in [-0.4, -0.2) is 29.3 Å². The van der Waals surface area contributed by atoms with E-state index in [4.69, 9.17) is 0 Å². The molecule has 1 aromatic heterocycles. The van der Waals surface area contributed by atoms with Gasteiger partial charge in [0.15, 0.2) is 0 Å². The van der Waals surface area contributed by atoms with Crippen molar-refractivity contribution in [1.29, 1.82) is 0 Å². The maximum atomic E-state index is 4.07. The standard InChI is InChI=1S/C10H14N4/c1-6-2-9(14-12-3-6)13-10-7-4-11-5-8(7)10/h2-3,7-8,10-11H,4-5H2,1H3,(H,13,14). The summed E-state index contributed by atoms with van der Waals surface area (Å²) < 4.78 is 0. The summed E-state index contributed by atoms with van der Waals surface area (Å²) in [4.78, 5) is 0. The van der Waals surface area contributed by atoms with E-state index in [2.05, 4.69) is 26.9 Å². The molecule has 0 spiro atoms. The van der Waals surface area contributed by atoms with Crippen LogP contribution in [-0.2, 0) is 0 Å². The van der Waals surface area contributed by atoms with E-state index < -0.39 is 0 Å². The Morgan fingerprint density at radius 2 is 2.21 bits per heavy atom. The van der Waals surface area contributed by atoms with Crippen LogP contribution < -0.4 is 10.6 Å².